The molecule has 0 aromatic heterocycles. The van der Waals surface area contributed by atoms with E-state index in [4.69, 9.17) is 21.4 Å². The number of carbonyl (C=O) groups excluding carboxylic acids is 2. The number of rotatable bonds is 17. The zero-order valence-electron chi connectivity index (χ0n) is 21.1. The maximum atomic E-state index is 11.8. The molecule has 0 aromatic rings. The van der Waals surface area contributed by atoms with Crippen LogP contribution in [0.3, 0.4) is 0 Å². The Labute approximate surface area is 195 Å². The summed E-state index contributed by atoms with van der Waals surface area (Å²) in [7, 11) is 0. The smallest absolute Gasteiger partial charge is 0.300 e. The number of carbonyl (C=O) groups is 3. The van der Waals surface area contributed by atoms with E-state index in [9.17, 15) is 9.59 Å². The van der Waals surface area contributed by atoms with Crippen LogP contribution in [0.2, 0.25) is 0 Å². The van der Waals surface area contributed by atoms with Crippen molar-refractivity contribution in [3.05, 3.63) is 0 Å². The summed E-state index contributed by atoms with van der Waals surface area (Å²) >= 11 is 0. The van der Waals surface area contributed by atoms with Crippen LogP contribution in [0, 0.1) is 11.8 Å². The molecule has 0 aromatic carbocycles. The predicted molar refractivity (Wildman–Crippen MR) is 131 cm³/mol. The molecule has 0 aliphatic rings. The van der Waals surface area contributed by atoms with Crippen molar-refractivity contribution < 1.29 is 19.5 Å². The lowest BCUT2D eigenvalue weighted by atomic mass is 10.0. The first-order chi connectivity index (χ1) is 15.0. The third-order valence-electron chi connectivity index (χ3n) is 4.83. The maximum Gasteiger partial charge on any atom is 0.300 e. The normalized spacial score (nSPS) is 12.7. The van der Waals surface area contributed by atoms with E-state index in [1.54, 1.807) is 0 Å². The van der Waals surface area contributed by atoms with Crippen LogP contribution in [-0.2, 0) is 14.4 Å². The van der Waals surface area contributed by atoms with E-state index in [0.29, 0.717) is 11.8 Å². The molecule has 0 aliphatic heterocycles. The Morgan fingerprint density at radius 1 is 0.656 bits per heavy atom. The summed E-state index contributed by atoms with van der Waals surface area (Å²) in [4.78, 5) is 32.6. The molecule has 0 spiro atoms. The lowest BCUT2D eigenvalue weighted by Gasteiger charge is -2.14. The Morgan fingerprint density at radius 2 is 0.906 bits per heavy atom. The zero-order valence-corrected chi connectivity index (χ0v) is 21.1. The highest BCUT2D eigenvalue weighted by atomic mass is 16.4. The van der Waals surface area contributed by atoms with Crippen molar-refractivity contribution in [1.29, 1.82) is 0 Å². The van der Waals surface area contributed by atoms with Gasteiger partial charge in [0.05, 0.1) is 12.1 Å². The summed E-state index contributed by atoms with van der Waals surface area (Å²) < 4.78 is 0. The summed E-state index contributed by atoms with van der Waals surface area (Å²) in [6.07, 6.45) is 10.7. The molecule has 0 heterocycles. The molecular weight excluding hydrogens is 408 g/mol. The fraction of sp³-hybridized carbons (Fsp3) is 0.875. The van der Waals surface area contributed by atoms with Crippen LogP contribution >= 0.6 is 0 Å². The van der Waals surface area contributed by atoms with E-state index in [0.717, 1.165) is 58.5 Å². The molecule has 0 aliphatic carbocycles. The second-order valence-corrected chi connectivity index (χ2v) is 9.40. The van der Waals surface area contributed by atoms with Gasteiger partial charge >= 0.3 is 0 Å². The van der Waals surface area contributed by atoms with Crippen molar-refractivity contribution >= 4 is 17.8 Å². The lowest BCUT2D eigenvalue weighted by Crippen LogP contribution is -2.41. The first kappa shape index (κ1) is 32.5. The van der Waals surface area contributed by atoms with Gasteiger partial charge < -0.3 is 27.2 Å². The summed E-state index contributed by atoms with van der Waals surface area (Å²) in [5, 5.41) is 13.3. The van der Waals surface area contributed by atoms with Gasteiger partial charge in [0.25, 0.3) is 5.97 Å². The zero-order chi connectivity index (χ0) is 24.9. The molecule has 190 valence electrons. The van der Waals surface area contributed by atoms with Crippen molar-refractivity contribution in [3.63, 3.8) is 0 Å². The number of hydrogen-bond donors (Lipinski definition) is 5. The molecule has 7 N–H and O–H groups in total. The molecule has 0 saturated heterocycles. The Hall–Kier alpha value is -1.67. The van der Waals surface area contributed by atoms with Crippen molar-refractivity contribution in [2.75, 3.05) is 13.1 Å². The van der Waals surface area contributed by atoms with Gasteiger partial charge in [0.1, 0.15) is 0 Å². The van der Waals surface area contributed by atoms with Gasteiger partial charge in [-0.1, -0.05) is 66.2 Å². The molecule has 0 radical (unpaired) electrons. The maximum absolute atomic E-state index is 11.8. The number of nitrogens with one attached hydrogen (secondary N) is 2. The third kappa shape index (κ3) is 24.6. The standard InChI is InChI=1S/C22H46N4O2.C2H4O2/c1-17(2)15-19(23)21(27)25-13-11-9-7-5-6-8-10-12-14-26-22(28)20(24)16-18(3)4;1-2(3)4/h17-20H,5-16,23-24H2,1-4H3,(H,25,27)(H,26,28);1H3,(H,3,4). The van der Waals surface area contributed by atoms with E-state index in [1.807, 2.05) is 0 Å². The highest BCUT2D eigenvalue weighted by Gasteiger charge is 2.14. The van der Waals surface area contributed by atoms with Gasteiger partial charge in [-0.05, 0) is 37.5 Å². The first-order valence-electron chi connectivity index (χ1n) is 12.2. The van der Waals surface area contributed by atoms with Crippen LogP contribution in [0.25, 0.3) is 0 Å². The summed E-state index contributed by atoms with van der Waals surface area (Å²) in [6, 6.07) is -0.758. The quantitative estimate of drug-likeness (QED) is 0.211. The van der Waals surface area contributed by atoms with E-state index >= 15 is 0 Å². The van der Waals surface area contributed by atoms with Crippen molar-refractivity contribution in [3.8, 4) is 0 Å². The number of amides is 2. The van der Waals surface area contributed by atoms with Crippen molar-refractivity contribution in [2.24, 2.45) is 23.3 Å². The molecule has 32 heavy (non-hydrogen) atoms. The number of unbranched alkanes of at least 4 members (excludes halogenated alkanes) is 7. The summed E-state index contributed by atoms with van der Waals surface area (Å²) in [5.41, 5.74) is 11.7. The Bertz CT molecular complexity index is 456. The van der Waals surface area contributed by atoms with Crippen LogP contribution in [-0.4, -0.2) is 48.1 Å². The molecular formula is C24H50N4O4. The van der Waals surface area contributed by atoms with Gasteiger partial charge in [-0.2, -0.15) is 0 Å². The molecule has 8 heteroatoms. The van der Waals surface area contributed by atoms with E-state index in [2.05, 4.69) is 38.3 Å². The molecule has 2 unspecified atom stereocenters. The van der Waals surface area contributed by atoms with Gasteiger partial charge in [0, 0.05) is 20.0 Å². The topological polar surface area (TPSA) is 148 Å². The highest BCUT2D eigenvalue weighted by molar-refractivity contribution is 5.81. The first-order valence-corrected chi connectivity index (χ1v) is 12.2. The number of carboxylic acids is 1. The second kappa shape index (κ2) is 21.2. The Balaban J connectivity index is 0. The second-order valence-electron chi connectivity index (χ2n) is 9.40. The minimum Gasteiger partial charge on any atom is -0.481 e. The van der Waals surface area contributed by atoms with Crippen LogP contribution in [0.1, 0.15) is 98.8 Å². The van der Waals surface area contributed by atoms with Crippen LogP contribution in [0.4, 0.5) is 0 Å². The minimum atomic E-state index is -0.833. The number of hydrogen-bond acceptors (Lipinski definition) is 5. The average molecular weight is 459 g/mol. The predicted octanol–water partition coefficient (Wildman–Crippen LogP) is 3.18. The van der Waals surface area contributed by atoms with Gasteiger partial charge in [-0.25, -0.2) is 0 Å². The fourth-order valence-corrected chi connectivity index (χ4v) is 3.23. The number of carboxylic acid groups (broad SMARTS) is 1. The van der Waals surface area contributed by atoms with Gasteiger partial charge in [0.2, 0.25) is 11.8 Å². The van der Waals surface area contributed by atoms with E-state index in [-0.39, 0.29) is 23.9 Å². The highest BCUT2D eigenvalue weighted by Crippen LogP contribution is 2.08. The molecule has 2 atom stereocenters. The fourth-order valence-electron chi connectivity index (χ4n) is 3.23. The monoisotopic (exact) mass is 458 g/mol. The number of nitrogens with two attached hydrogens (primary N) is 2. The molecule has 8 nitrogen and oxygen atoms in total. The minimum absolute atomic E-state index is 0.0223. The van der Waals surface area contributed by atoms with Crippen LogP contribution < -0.4 is 22.1 Å². The van der Waals surface area contributed by atoms with Crippen molar-refractivity contribution in [1.82, 2.24) is 10.6 Å². The lowest BCUT2D eigenvalue weighted by molar-refractivity contribution is -0.134. The summed E-state index contributed by atoms with van der Waals surface area (Å²) in [6.45, 7) is 10.8. The number of aliphatic carboxylic acids is 1. The third-order valence-corrected chi connectivity index (χ3v) is 4.83. The molecule has 0 bridgehead atoms. The Morgan fingerprint density at radius 3 is 1.16 bits per heavy atom. The van der Waals surface area contributed by atoms with E-state index in [1.165, 1.54) is 25.7 Å². The van der Waals surface area contributed by atoms with Gasteiger partial charge in [0.15, 0.2) is 0 Å². The SMILES string of the molecule is CC(=O)O.CC(C)CC(N)C(=O)NCCCCCCCCCCNC(=O)C(N)CC(C)C. The van der Waals surface area contributed by atoms with Crippen LogP contribution in [0.5, 0.6) is 0 Å². The Kier molecular flexibility index (Phi) is 21.5. The van der Waals surface area contributed by atoms with E-state index < -0.39 is 5.97 Å². The molecule has 0 saturated carbocycles. The van der Waals surface area contributed by atoms with Crippen molar-refractivity contribution in [2.45, 2.75) is 111 Å². The largest absolute Gasteiger partial charge is 0.481 e. The van der Waals surface area contributed by atoms with Gasteiger partial charge in [-0.3, -0.25) is 14.4 Å². The average Bonchev–Trinajstić information content (AvgIpc) is 2.66. The van der Waals surface area contributed by atoms with Crippen LogP contribution in [0.15, 0.2) is 0 Å². The van der Waals surface area contributed by atoms with Gasteiger partial charge in [-0.15, -0.1) is 0 Å². The summed E-state index contributed by atoms with van der Waals surface area (Å²) in [5.74, 6) is 0.0100. The molecule has 0 fully saturated rings. The molecule has 2 amide bonds. The molecule has 0 rings (SSSR count).